The van der Waals surface area contributed by atoms with Gasteiger partial charge in [0.15, 0.2) is 0 Å². The van der Waals surface area contributed by atoms with Crippen molar-refractivity contribution < 1.29 is 13.2 Å². The second kappa shape index (κ2) is 5.06. The molecular formula is C11H15ClO3S. The monoisotopic (exact) mass is 262 g/mol. The number of hydrogen-bond acceptors (Lipinski definition) is 3. The topological polar surface area (TPSA) is 43.4 Å². The Hall–Kier alpha value is -0.740. The van der Waals surface area contributed by atoms with Gasteiger partial charge in [-0.05, 0) is 37.0 Å². The third-order valence-electron chi connectivity index (χ3n) is 2.49. The summed E-state index contributed by atoms with van der Waals surface area (Å²) < 4.78 is 27.1. The van der Waals surface area contributed by atoms with Crippen molar-refractivity contribution >= 4 is 19.7 Å². The first kappa shape index (κ1) is 13.3. The highest BCUT2D eigenvalue weighted by Crippen LogP contribution is 2.27. The summed E-state index contributed by atoms with van der Waals surface area (Å²) in [6.45, 7) is 3.86. The lowest BCUT2D eigenvalue weighted by Crippen LogP contribution is -2.05. The van der Waals surface area contributed by atoms with Crippen LogP contribution in [0, 0.1) is 13.8 Å². The lowest BCUT2D eigenvalue weighted by atomic mass is 10.0. The van der Waals surface area contributed by atoms with Crippen LogP contribution in [-0.4, -0.2) is 21.3 Å². The molecule has 0 amide bonds. The zero-order valence-corrected chi connectivity index (χ0v) is 11.2. The molecule has 0 atom stereocenters. The molecule has 0 spiro atoms. The Labute approximate surface area is 101 Å². The molecule has 0 aliphatic rings. The van der Waals surface area contributed by atoms with Crippen molar-refractivity contribution in [1.29, 1.82) is 0 Å². The maximum atomic E-state index is 10.9. The number of methoxy groups -OCH3 is 1. The number of hydrogen-bond donors (Lipinski definition) is 0. The predicted molar refractivity (Wildman–Crippen MR) is 65.8 cm³/mol. The summed E-state index contributed by atoms with van der Waals surface area (Å²) in [5.41, 5.74) is 2.92. The highest BCUT2D eigenvalue weighted by molar-refractivity contribution is 8.13. The van der Waals surface area contributed by atoms with E-state index >= 15 is 0 Å². The first-order valence-corrected chi connectivity index (χ1v) is 7.38. The summed E-state index contributed by atoms with van der Waals surface area (Å²) in [6.07, 6.45) is 0.377. The minimum atomic E-state index is -3.46. The van der Waals surface area contributed by atoms with Crippen LogP contribution in [0.5, 0.6) is 5.75 Å². The van der Waals surface area contributed by atoms with Crippen molar-refractivity contribution in [2.24, 2.45) is 0 Å². The quantitative estimate of drug-likeness (QED) is 0.783. The predicted octanol–water partition coefficient (Wildman–Crippen LogP) is 2.42. The van der Waals surface area contributed by atoms with Gasteiger partial charge < -0.3 is 4.74 Å². The molecular weight excluding hydrogens is 248 g/mol. The van der Waals surface area contributed by atoms with E-state index in [0.717, 1.165) is 22.4 Å². The molecule has 1 aromatic rings. The van der Waals surface area contributed by atoms with Gasteiger partial charge >= 0.3 is 0 Å². The van der Waals surface area contributed by atoms with E-state index in [9.17, 15) is 8.42 Å². The van der Waals surface area contributed by atoms with Crippen LogP contribution in [0.25, 0.3) is 0 Å². The summed E-state index contributed by atoms with van der Waals surface area (Å²) in [7, 11) is 3.33. The first-order chi connectivity index (χ1) is 7.35. The van der Waals surface area contributed by atoms with Gasteiger partial charge in [0, 0.05) is 10.7 Å². The molecule has 0 saturated carbocycles. The summed E-state index contributed by atoms with van der Waals surface area (Å²) in [5.74, 6) is 0.676. The Bertz CT molecular complexity index is 480. The average molecular weight is 263 g/mol. The number of ether oxygens (including phenoxy) is 1. The molecule has 90 valence electrons. The molecule has 1 rings (SSSR count). The highest BCUT2D eigenvalue weighted by Gasteiger charge is 2.13. The van der Waals surface area contributed by atoms with Crippen molar-refractivity contribution in [3.63, 3.8) is 0 Å². The zero-order valence-electron chi connectivity index (χ0n) is 9.58. The van der Waals surface area contributed by atoms with Gasteiger partial charge in [-0.3, -0.25) is 0 Å². The molecule has 0 bridgehead atoms. The molecule has 5 heteroatoms. The molecule has 0 fully saturated rings. The fourth-order valence-corrected chi connectivity index (χ4v) is 2.34. The van der Waals surface area contributed by atoms with E-state index in [2.05, 4.69) is 0 Å². The zero-order chi connectivity index (χ0) is 12.3. The van der Waals surface area contributed by atoms with Crippen molar-refractivity contribution in [3.05, 3.63) is 28.8 Å². The van der Waals surface area contributed by atoms with E-state index in [-0.39, 0.29) is 5.75 Å². The maximum absolute atomic E-state index is 10.9. The van der Waals surface area contributed by atoms with E-state index in [4.69, 9.17) is 15.4 Å². The lowest BCUT2D eigenvalue weighted by Gasteiger charge is -2.13. The standard InChI is InChI=1S/C11H15ClO3S/c1-8-4-5-9(2)11(15-3)10(8)6-7-16(12,13)14/h4-5H,6-7H2,1-3H3. The summed E-state index contributed by atoms with van der Waals surface area (Å²) in [6, 6.07) is 3.90. The van der Waals surface area contributed by atoms with Crippen LogP contribution in [0.2, 0.25) is 0 Å². The molecule has 0 saturated heterocycles. The summed E-state index contributed by atoms with van der Waals surface area (Å²) in [4.78, 5) is 0. The average Bonchev–Trinajstić information content (AvgIpc) is 2.17. The van der Waals surface area contributed by atoms with Gasteiger partial charge in [0.1, 0.15) is 5.75 Å². The Kier molecular flexibility index (Phi) is 4.21. The minimum Gasteiger partial charge on any atom is -0.496 e. The van der Waals surface area contributed by atoms with Gasteiger partial charge in [0.2, 0.25) is 9.05 Å². The fraction of sp³-hybridized carbons (Fsp3) is 0.455. The smallest absolute Gasteiger partial charge is 0.232 e. The van der Waals surface area contributed by atoms with E-state index < -0.39 is 9.05 Å². The van der Waals surface area contributed by atoms with E-state index in [1.807, 2.05) is 26.0 Å². The molecule has 1 aromatic carbocycles. The summed E-state index contributed by atoms with van der Waals surface area (Å²) in [5, 5.41) is 0. The van der Waals surface area contributed by atoms with Crippen molar-refractivity contribution in [2.45, 2.75) is 20.3 Å². The van der Waals surface area contributed by atoms with Gasteiger partial charge in [0.05, 0.1) is 12.9 Å². The van der Waals surface area contributed by atoms with Crippen LogP contribution in [0.1, 0.15) is 16.7 Å². The van der Waals surface area contributed by atoms with Crippen LogP contribution >= 0.6 is 10.7 Å². The molecule has 0 unspecified atom stereocenters. The van der Waals surface area contributed by atoms with Crippen molar-refractivity contribution in [3.8, 4) is 5.75 Å². The third kappa shape index (κ3) is 3.39. The Morgan fingerprint density at radius 1 is 1.25 bits per heavy atom. The minimum absolute atomic E-state index is 0.0742. The molecule has 0 aromatic heterocycles. The normalized spacial score (nSPS) is 11.5. The van der Waals surface area contributed by atoms with Gasteiger partial charge in [-0.25, -0.2) is 8.42 Å². The van der Waals surface area contributed by atoms with Crippen LogP contribution in [0.15, 0.2) is 12.1 Å². The maximum Gasteiger partial charge on any atom is 0.232 e. The summed E-state index contributed by atoms with van der Waals surface area (Å²) >= 11 is 0. The Balaban J connectivity index is 3.07. The molecule has 3 nitrogen and oxygen atoms in total. The van der Waals surface area contributed by atoms with E-state index in [1.54, 1.807) is 7.11 Å². The first-order valence-electron chi connectivity index (χ1n) is 4.90. The fourth-order valence-electron chi connectivity index (χ4n) is 1.66. The molecule has 0 heterocycles. The lowest BCUT2D eigenvalue weighted by molar-refractivity contribution is 0.406. The molecule has 16 heavy (non-hydrogen) atoms. The second-order valence-corrected chi connectivity index (χ2v) is 6.60. The van der Waals surface area contributed by atoms with Gasteiger partial charge in [-0.1, -0.05) is 12.1 Å². The van der Waals surface area contributed by atoms with E-state index in [1.165, 1.54) is 0 Å². The van der Waals surface area contributed by atoms with E-state index in [0.29, 0.717) is 6.42 Å². The van der Waals surface area contributed by atoms with Crippen LogP contribution in [0.3, 0.4) is 0 Å². The Morgan fingerprint density at radius 2 is 1.81 bits per heavy atom. The largest absolute Gasteiger partial charge is 0.496 e. The number of aryl methyl sites for hydroxylation is 2. The van der Waals surface area contributed by atoms with Crippen LogP contribution < -0.4 is 4.74 Å². The SMILES string of the molecule is COc1c(C)ccc(C)c1CCS(=O)(=O)Cl. The van der Waals surface area contributed by atoms with Crippen molar-refractivity contribution in [1.82, 2.24) is 0 Å². The van der Waals surface area contributed by atoms with Crippen LogP contribution in [-0.2, 0) is 15.5 Å². The molecule has 0 N–H and O–H groups in total. The number of rotatable bonds is 4. The molecule has 0 aliphatic carbocycles. The third-order valence-corrected chi connectivity index (χ3v) is 3.65. The highest BCUT2D eigenvalue weighted by atomic mass is 35.7. The molecule has 0 radical (unpaired) electrons. The van der Waals surface area contributed by atoms with Crippen LogP contribution in [0.4, 0.5) is 0 Å². The van der Waals surface area contributed by atoms with Crippen molar-refractivity contribution in [2.75, 3.05) is 12.9 Å². The van der Waals surface area contributed by atoms with Gasteiger partial charge in [0.25, 0.3) is 0 Å². The molecule has 0 aliphatic heterocycles. The Morgan fingerprint density at radius 3 is 2.31 bits per heavy atom. The number of benzene rings is 1. The second-order valence-electron chi connectivity index (χ2n) is 3.70. The van der Waals surface area contributed by atoms with Gasteiger partial charge in [-0.15, -0.1) is 0 Å². The van der Waals surface area contributed by atoms with Gasteiger partial charge in [-0.2, -0.15) is 0 Å². The number of halogens is 1.